The molecule has 2 aromatic rings. The molecule has 1 aromatic heterocycles. The smallest absolute Gasteiger partial charge is 0.332 e. The number of nitrogens with one attached hydrogen (secondary N) is 1. The van der Waals surface area contributed by atoms with Gasteiger partial charge in [-0.25, -0.2) is 4.79 Å². The number of hydrogen-bond donors (Lipinski definition) is 2. The summed E-state index contributed by atoms with van der Waals surface area (Å²) in [4.78, 5) is 37.5. The van der Waals surface area contributed by atoms with Gasteiger partial charge < -0.3 is 15.8 Å². The summed E-state index contributed by atoms with van der Waals surface area (Å²) in [7, 11) is 1.58. The van der Waals surface area contributed by atoms with Crippen LogP contribution in [0.15, 0.2) is 39.9 Å². The fraction of sp³-hybridized carbons (Fsp3) is 0.350. The number of amides is 1. The molecule has 0 aliphatic rings. The lowest BCUT2D eigenvalue weighted by Gasteiger charge is -2.16. The number of benzene rings is 1. The van der Waals surface area contributed by atoms with Gasteiger partial charge in [-0.3, -0.25) is 18.7 Å². The van der Waals surface area contributed by atoms with Crippen LogP contribution in [0.25, 0.3) is 6.08 Å². The summed E-state index contributed by atoms with van der Waals surface area (Å²) in [6.07, 6.45) is 4.19. The van der Waals surface area contributed by atoms with Crippen LogP contribution in [-0.2, 0) is 17.9 Å². The summed E-state index contributed by atoms with van der Waals surface area (Å²) in [6.45, 7) is 4.38. The number of aromatic nitrogens is 2. The average Bonchev–Trinajstić information content (AvgIpc) is 2.70. The van der Waals surface area contributed by atoms with Crippen molar-refractivity contribution in [3.8, 4) is 5.75 Å². The predicted octanol–water partition coefficient (Wildman–Crippen LogP) is 2.07. The summed E-state index contributed by atoms with van der Waals surface area (Å²) in [5.41, 5.74) is 5.68. The summed E-state index contributed by atoms with van der Waals surface area (Å²) in [5, 5.41) is 2.53. The number of nitrogen functional groups attached to an aromatic ring is 1. The van der Waals surface area contributed by atoms with E-state index in [2.05, 4.69) is 5.32 Å². The van der Waals surface area contributed by atoms with Crippen molar-refractivity contribution >= 4 is 23.5 Å². The standard InChI is InChI=1S/C20H26N4O4/c1-4-12-23-18(21)17(19(26)24(13-5-2)20(23)27)22-16(25)11-8-14-6-9-15(28-3)10-7-14/h6-11H,4-5,12-13,21H2,1-3H3,(H,22,25)/b11-8+. The number of carbonyl (C=O) groups is 1. The van der Waals surface area contributed by atoms with Gasteiger partial charge in [-0.15, -0.1) is 0 Å². The summed E-state index contributed by atoms with van der Waals surface area (Å²) < 4.78 is 7.51. The second-order valence-corrected chi connectivity index (χ2v) is 6.25. The molecule has 3 N–H and O–H groups in total. The molecule has 0 unspecified atom stereocenters. The molecule has 0 saturated carbocycles. The van der Waals surface area contributed by atoms with Crippen molar-refractivity contribution in [1.82, 2.24) is 9.13 Å². The number of ether oxygens (including phenoxy) is 1. The molecule has 28 heavy (non-hydrogen) atoms. The number of rotatable bonds is 8. The Kier molecular flexibility index (Phi) is 7.20. The fourth-order valence-electron chi connectivity index (χ4n) is 2.74. The quantitative estimate of drug-likeness (QED) is 0.675. The van der Waals surface area contributed by atoms with E-state index in [0.717, 1.165) is 10.1 Å². The first-order valence-corrected chi connectivity index (χ1v) is 9.19. The predicted molar refractivity (Wildman–Crippen MR) is 111 cm³/mol. The Morgan fingerprint density at radius 1 is 1.11 bits per heavy atom. The lowest BCUT2D eigenvalue weighted by atomic mass is 10.2. The lowest BCUT2D eigenvalue weighted by Crippen LogP contribution is -2.42. The van der Waals surface area contributed by atoms with Crippen LogP contribution in [0.3, 0.4) is 0 Å². The molecule has 0 fully saturated rings. The van der Waals surface area contributed by atoms with Crippen molar-refractivity contribution in [2.75, 3.05) is 18.2 Å². The number of carbonyl (C=O) groups excluding carboxylic acids is 1. The van der Waals surface area contributed by atoms with Crippen molar-refractivity contribution in [3.05, 3.63) is 56.7 Å². The van der Waals surface area contributed by atoms with Crippen molar-refractivity contribution in [2.45, 2.75) is 39.8 Å². The second kappa shape index (κ2) is 9.59. The molecule has 1 aromatic carbocycles. The van der Waals surface area contributed by atoms with E-state index in [0.29, 0.717) is 25.1 Å². The zero-order valence-corrected chi connectivity index (χ0v) is 16.4. The van der Waals surface area contributed by atoms with E-state index in [1.165, 1.54) is 10.6 Å². The maximum absolute atomic E-state index is 12.7. The zero-order valence-electron chi connectivity index (χ0n) is 16.4. The molecule has 0 spiro atoms. The van der Waals surface area contributed by atoms with Gasteiger partial charge in [0.15, 0.2) is 0 Å². The van der Waals surface area contributed by atoms with Gasteiger partial charge in [-0.2, -0.15) is 0 Å². The molecule has 2 rings (SSSR count). The molecule has 0 radical (unpaired) electrons. The SMILES string of the molecule is CCCn1c(N)c(NC(=O)/C=C/c2ccc(OC)cc2)c(=O)n(CCC)c1=O. The topological polar surface area (TPSA) is 108 Å². The molecule has 0 aliphatic carbocycles. The monoisotopic (exact) mass is 386 g/mol. The first kappa shape index (κ1) is 21.0. The van der Waals surface area contributed by atoms with E-state index in [-0.39, 0.29) is 18.1 Å². The van der Waals surface area contributed by atoms with E-state index < -0.39 is 17.2 Å². The van der Waals surface area contributed by atoms with E-state index >= 15 is 0 Å². The Bertz CT molecular complexity index is 971. The molecule has 0 aliphatic heterocycles. The minimum atomic E-state index is -0.595. The highest BCUT2D eigenvalue weighted by Gasteiger charge is 2.17. The summed E-state index contributed by atoms with van der Waals surface area (Å²) >= 11 is 0. The summed E-state index contributed by atoms with van der Waals surface area (Å²) in [5.74, 6) is 0.170. The van der Waals surface area contributed by atoms with Gasteiger partial charge in [0.1, 0.15) is 17.3 Å². The molecular weight excluding hydrogens is 360 g/mol. The van der Waals surface area contributed by atoms with Crippen molar-refractivity contribution in [1.29, 1.82) is 0 Å². The first-order chi connectivity index (χ1) is 13.4. The van der Waals surface area contributed by atoms with E-state index in [1.54, 1.807) is 37.5 Å². The average molecular weight is 386 g/mol. The van der Waals surface area contributed by atoms with Crippen LogP contribution in [-0.4, -0.2) is 22.2 Å². The van der Waals surface area contributed by atoms with Crippen molar-refractivity contribution < 1.29 is 9.53 Å². The Balaban J connectivity index is 2.33. The van der Waals surface area contributed by atoms with Crippen LogP contribution in [0.4, 0.5) is 11.5 Å². The molecule has 1 amide bonds. The molecule has 8 nitrogen and oxygen atoms in total. The number of hydrogen-bond acceptors (Lipinski definition) is 5. The maximum Gasteiger partial charge on any atom is 0.332 e. The van der Waals surface area contributed by atoms with Gasteiger partial charge in [0.25, 0.3) is 5.56 Å². The number of anilines is 2. The second-order valence-electron chi connectivity index (χ2n) is 6.25. The molecule has 150 valence electrons. The van der Waals surface area contributed by atoms with Gasteiger partial charge in [0.2, 0.25) is 5.91 Å². The van der Waals surface area contributed by atoms with E-state index in [1.807, 2.05) is 13.8 Å². The van der Waals surface area contributed by atoms with E-state index in [4.69, 9.17) is 10.5 Å². The van der Waals surface area contributed by atoms with Crippen LogP contribution in [0.1, 0.15) is 32.3 Å². The molecule has 0 saturated heterocycles. The zero-order chi connectivity index (χ0) is 20.7. The molecule has 0 bridgehead atoms. The number of methoxy groups -OCH3 is 1. The Morgan fingerprint density at radius 3 is 2.29 bits per heavy atom. The first-order valence-electron chi connectivity index (χ1n) is 9.19. The maximum atomic E-state index is 12.7. The van der Waals surface area contributed by atoms with Crippen LogP contribution in [0.2, 0.25) is 0 Å². The molecule has 1 heterocycles. The highest BCUT2D eigenvalue weighted by Crippen LogP contribution is 2.14. The highest BCUT2D eigenvalue weighted by atomic mass is 16.5. The lowest BCUT2D eigenvalue weighted by molar-refractivity contribution is -0.111. The van der Waals surface area contributed by atoms with Gasteiger partial charge >= 0.3 is 5.69 Å². The summed E-state index contributed by atoms with van der Waals surface area (Å²) in [6, 6.07) is 7.15. The van der Waals surface area contributed by atoms with Crippen molar-refractivity contribution in [2.24, 2.45) is 0 Å². The third kappa shape index (κ3) is 4.70. The minimum absolute atomic E-state index is 0.0320. The largest absolute Gasteiger partial charge is 0.497 e. The molecular formula is C20H26N4O4. The van der Waals surface area contributed by atoms with E-state index in [9.17, 15) is 14.4 Å². The number of nitrogens with zero attached hydrogens (tertiary/aromatic N) is 2. The van der Waals surface area contributed by atoms with Gasteiger partial charge in [0, 0.05) is 19.2 Å². The number of nitrogens with two attached hydrogens (primary N) is 1. The Labute approximate surface area is 163 Å². The third-order valence-electron chi connectivity index (χ3n) is 4.15. The Morgan fingerprint density at radius 2 is 1.71 bits per heavy atom. The highest BCUT2D eigenvalue weighted by molar-refractivity contribution is 6.03. The third-order valence-corrected chi connectivity index (χ3v) is 4.15. The van der Waals surface area contributed by atoms with Gasteiger partial charge in [0.05, 0.1) is 7.11 Å². The van der Waals surface area contributed by atoms with Crippen LogP contribution in [0, 0.1) is 0 Å². The van der Waals surface area contributed by atoms with Crippen molar-refractivity contribution in [3.63, 3.8) is 0 Å². The Hall–Kier alpha value is -3.29. The normalized spacial score (nSPS) is 11.0. The van der Waals surface area contributed by atoms with Gasteiger partial charge in [-0.05, 0) is 36.6 Å². The fourth-order valence-corrected chi connectivity index (χ4v) is 2.74. The van der Waals surface area contributed by atoms with Crippen LogP contribution < -0.4 is 27.0 Å². The van der Waals surface area contributed by atoms with Crippen LogP contribution >= 0.6 is 0 Å². The minimum Gasteiger partial charge on any atom is -0.497 e. The molecule has 0 atom stereocenters. The van der Waals surface area contributed by atoms with Crippen LogP contribution in [0.5, 0.6) is 5.75 Å². The molecule has 8 heteroatoms. The van der Waals surface area contributed by atoms with Gasteiger partial charge in [-0.1, -0.05) is 26.0 Å².